The van der Waals surface area contributed by atoms with E-state index in [-0.39, 0.29) is 5.56 Å². The van der Waals surface area contributed by atoms with Crippen LogP contribution in [0.4, 0.5) is 0 Å². The van der Waals surface area contributed by atoms with Gasteiger partial charge in [-0.1, -0.05) is 0 Å². The van der Waals surface area contributed by atoms with E-state index in [2.05, 4.69) is 15.1 Å². The van der Waals surface area contributed by atoms with Gasteiger partial charge in [0.1, 0.15) is 12.1 Å². The molecule has 0 N–H and O–H groups in total. The third-order valence-corrected chi connectivity index (χ3v) is 4.60. The molecule has 0 radical (unpaired) electrons. The normalized spacial score (nSPS) is 14.3. The highest BCUT2D eigenvalue weighted by Crippen LogP contribution is 2.34. The van der Waals surface area contributed by atoms with E-state index in [9.17, 15) is 4.79 Å². The van der Waals surface area contributed by atoms with Crippen LogP contribution in [0.25, 0.3) is 27.9 Å². The van der Waals surface area contributed by atoms with Crippen LogP contribution in [-0.2, 0) is 0 Å². The van der Waals surface area contributed by atoms with E-state index in [0.717, 1.165) is 24.2 Å². The number of hydrogen-bond donors (Lipinski definition) is 0. The number of ether oxygens (including phenoxy) is 1. The highest BCUT2D eigenvalue weighted by atomic mass is 16.5. The highest BCUT2D eigenvalue weighted by molar-refractivity contribution is 5.93. The van der Waals surface area contributed by atoms with Gasteiger partial charge in [0, 0.05) is 17.8 Å². The summed E-state index contributed by atoms with van der Waals surface area (Å²) in [7, 11) is 1.63. The lowest BCUT2D eigenvalue weighted by Gasteiger charge is -2.11. The maximum Gasteiger partial charge on any atom is 0.262 e. The molecule has 1 aliphatic carbocycles. The van der Waals surface area contributed by atoms with Gasteiger partial charge in [-0.15, -0.1) is 0 Å². The van der Waals surface area contributed by atoms with E-state index in [1.165, 1.54) is 6.33 Å². The fourth-order valence-corrected chi connectivity index (χ4v) is 3.20. The summed E-state index contributed by atoms with van der Waals surface area (Å²) >= 11 is 0. The van der Waals surface area contributed by atoms with Gasteiger partial charge in [-0.25, -0.2) is 4.98 Å². The predicted octanol–water partition coefficient (Wildman–Crippen LogP) is 2.45. The predicted molar refractivity (Wildman–Crippen MR) is 92.8 cm³/mol. The van der Waals surface area contributed by atoms with Crippen LogP contribution < -0.4 is 10.3 Å². The summed E-state index contributed by atoms with van der Waals surface area (Å²) < 4.78 is 8.67. The van der Waals surface area contributed by atoms with Crippen LogP contribution >= 0.6 is 0 Å². The average molecular weight is 333 g/mol. The number of benzene rings is 1. The summed E-state index contributed by atoms with van der Waals surface area (Å²) in [6.07, 6.45) is 5.37. The monoisotopic (exact) mass is 333 g/mol. The molecule has 0 bridgehead atoms. The maximum absolute atomic E-state index is 13.1. The van der Waals surface area contributed by atoms with Crippen molar-refractivity contribution >= 4 is 16.7 Å². The maximum atomic E-state index is 13.1. The largest absolute Gasteiger partial charge is 0.497 e. The molecule has 0 amide bonds. The molecule has 4 aromatic rings. The van der Waals surface area contributed by atoms with Gasteiger partial charge in [-0.05, 0) is 43.2 Å². The van der Waals surface area contributed by atoms with Crippen LogP contribution in [-0.4, -0.2) is 31.3 Å². The number of hydrogen-bond acceptors (Lipinski definition) is 5. The van der Waals surface area contributed by atoms with E-state index in [0.29, 0.717) is 28.4 Å². The van der Waals surface area contributed by atoms with Gasteiger partial charge < -0.3 is 9.30 Å². The molecule has 1 saturated carbocycles. The van der Waals surface area contributed by atoms with Crippen molar-refractivity contribution in [2.75, 3.05) is 7.11 Å². The molecular weight excluding hydrogens is 318 g/mol. The second-order valence-electron chi connectivity index (χ2n) is 6.18. The van der Waals surface area contributed by atoms with Crippen molar-refractivity contribution in [2.24, 2.45) is 0 Å². The Bertz CT molecular complexity index is 1160. The number of aromatic nitrogens is 5. The van der Waals surface area contributed by atoms with Crippen LogP contribution in [0.2, 0.25) is 0 Å². The standard InChI is InChI=1S/C18H15N5O2/c1-25-13-6-2-11(3-7-13)16-15-14(21-18-19-10-20-23(16)18)8-9-22(17(15)24)12-4-5-12/h2-3,6-10,12H,4-5H2,1H3. The molecule has 0 unspecified atom stereocenters. The Kier molecular flexibility index (Phi) is 2.91. The Labute approximate surface area is 142 Å². The fraction of sp³-hybridized carbons (Fsp3) is 0.222. The number of nitrogens with zero attached hydrogens (tertiary/aromatic N) is 5. The summed E-state index contributed by atoms with van der Waals surface area (Å²) in [5.41, 5.74) is 2.18. The first-order chi connectivity index (χ1) is 12.3. The third-order valence-electron chi connectivity index (χ3n) is 4.60. The highest BCUT2D eigenvalue weighted by Gasteiger charge is 2.26. The molecule has 0 spiro atoms. The molecule has 1 aliphatic rings. The average Bonchev–Trinajstić information content (AvgIpc) is 3.37. The van der Waals surface area contributed by atoms with Gasteiger partial charge in [0.05, 0.1) is 23.7 Å². The van der Waals surface area contributed by atoms with Gasteiger partial charge in [0.15, 0.2) is 0 Å². The second kappa shape index (κ2) is 5.14. The lowest BCUT2D eigenvalue weighted by molar-refractivity contribution is 0.415. The summed E-state index contributed by atoms with van der Waals surface area (Å²) in [6.45, 7) is 0. The first kappa shape index (κ1) is 14.2. The molecule has 0 saturated heterocycles. The van der Waals surface area contributed by atoms with Crippen LogP contribution in [0, 0.1) is 0 Å². The van der Waals surface area contributed by atoms with Crippen molar-refractivity contribution in [3.8, 4) is 17.0 Å². The molecule has 0 aliphatic heterocycles. The Morgan fingerprint density at radius 2 is 1.96 bits per heavy atom. The van der Waals surface area contributed by atoms with Gasteiger partial charge in [0.25, 0.3) is 11.3 Å². The molecule has 7 nitrogen and oxygen atoms in total. The van der Waals surface area contributed by atoms with Gasteiger partial charge in [-0.3, -0.25) is 4.79 Å². The van der Waals surface area contributed by atoms with Crippen molar-refractivity contribution in [3.05, 3.63) is 53.2 Å². The molecule has 1 fully saturated rings. The number of methoxy groups -OCH3 is 1. The van der Waals surface area contributed by atoms with Crippen molar-refractivity contribution in [1.29, 1.82) is 0 Å². The fourth-order valence-electron chi connectivity index (χ4n) is 3.20. The summed E-state index contributed by atoms with van der Waals surface area (Å²) in [6, 6.07) is 9.76. The van der Waals surface area contributed by atoms with Gasteiger partial charge >= 0.3 is 0 Å². The van der Waals surface area contributed by atoms with E-state index in [4.69, 9.17) is 4.74 Å². The van der Waals surface area contributed by atoms with Crippen molar-refractivity contribution < 1.29 is 4.74 Å². The minimum Gasteiger partial charge on any atom is -0.497 e. The summed E-state index contributed by atoms with van der Waals surface area (Å²) in [5, 5.41) is 4.85. The number of rotatable bonds is 3. The van der Waals surface area contributed by atoms with Crippen molar-refractivity contribution in [2.45, 2.75) is 18.9 Å². The molecule has 25 heavy (non-hydrogen) atoms. The SMILES string of the molecule is COc1ccc(-c2c3c(=O)n(C4CC4)ccc3nc3ncnn23)cc1. The molecule has 1 aromatic carbocycles. The second-order valence-corrected chi connectivity index (χ2v) is 6.18. The van der Waals surface area contributed by atoms with Crippen LogP contribution in [0.5, 0.6) is 5.75 Å². The molecule has 7 heteroatoms. The van der Waals surface area contributed by atoms with Crippen molar-refractivity contribution in [1.82, 2.24) is 24.1 Å². The topological polar surface area (TPSA) is 74.3 Å². The minimum absolute atomic E-state index is 0.0317. The molecule has 3 heterocycles. The van der Waals surface area contributed by atoms with E-state index < -0.39 is 0 Å². The van der Waals surface area contributed by atoms with E-state index in [1.54, 1.807) is 16.2 Å². The summed E-state index contributed by atoms with van der Waals surface area (Å²) in [4.78, 5) is 21.8. The summed E-state index contributed by atoms with van der Waals surface area (Å²) in [5.74, 6) is 1.23. The van der Waals surface area contributed by atoms with Gasteiger partial charge in [-0.2, -0.15) is 14.6 Å². The Morgan fingerprint density at radius 3 is 2.68 bits per heavy atom. The van der Waals surface area contributed by atoms with Crippen LogP contribution in [0.15, 0.2) is 47.7 Å². The Morgan fingerprint density at radius 1 is 1.16 bits per heavy atom. The zero-order valence-corrected chi connectivity index (χ0v) is 13.6. The molecule has 5 rings (SSSR count). The lowest BCUT2D eigenvalue weighted by Crippen LogP contribution is -2.20. The molecule has 0 atom stereocenters. The Balaban J connectivity index is 1.90. The number of pyridine rings is 1. The van der Waals surface area contributed by atoms with Crippen molar-refractivity contribution in [3.63, 3.8) is 0 Å². The quantitative estimate of drug-likeness (QED) is 0.576. The third kappa shape index (κ3) is 2.12. The molecular formula is C18H15N5O2. The van der Waals surface area contributed by atoms with E-state index >= 15 is 0 Å². The minimum atomic E-state index is -0.0317. The molecule has 124 valence electrons. The van der Waals surface area contributed by atoms with Gasteiger partial charge in [0.2, 0.25) is 0 Å². The Hall–Kier alpha value is -3.22. The lowest BCUT2D eigenvalue weighted by atomic mass is 10.1. The van der Waals surface area contributed by atoms with Crippen LogP contribution in [0.3, 0.4) is 0 Å². The van der Waals surface area contributed by atoms with Crippen LogP contribution in [0.1, 0.15) is 18.9 Å². The first-order valence-corrected chi connectivity index (χ1v) is 8.15. The molecule has 3 aromatic heterocycles. The van der Waals surface area contributed by atoms with E-state index in [1.807, 2.05) is 36.5 Å². The number of fused-ring (bicyclic) bond motifs is 2. The zero-order chi connectivity index (χ0) is 17.0. The zero-order valence-electron chi connectivity index (χ0n) is 13.6. The first-order valence-electron chi connectivity index (χ1n) is 8.15. The smallest absolute Gasteiger partial charge is 0.262 e.